The van der Waals surface area contributed by atoms with E-state index in [4.69, 9.17) is 17.2 Å². The summed E-state index contributed by atoms with van der Waals surface area (Å²) in [6.07, 6.45) is -0.602. The van der Waals surface area contributed by atoms with Crippen LogP contribution >= 0.6 is 25.3 Å². The SMILES string of the molecule is NC(=O)C[C@H](NC(=O)CNC(=O)[C@@H]1CCCN1C(=O)[C@H](Cc1ccccc1)NC(=O)[C@@H](N)CS)C(=O)N[C@@H](CS)C(=O)N1CCC[C@H]1C(=O)N[C@@H](CC(=O)O)C(=O)N[C@@H](CO)C(N)=O. The van der Waals surface area contributed by atoms with E-state index >= 15 is 0 Å². The molecule has 64 heavy (non-hydrogen) atoms. The van der Waals surface area contributed by atoms with E-state index in [1.54, 1.807) is 30.3 Å². The highest BCUT2D eigenvalue weighted by molar-refractivity contribution is 7.80. The number of likely N-dealkylation sites (tertiary alicyclic amines) is 2. The number of nitrogens with one attached hydrogen (secondary N) is 6. The fourth-order valence-corrected chi connectivity index (χ4v) is 7.36. The number of nitrogens with zero attached hydrogens (tertiary/aromatic N) is 2. The monoisotopic (exact) mass is 937 g/mol. The van der Waals surface area contributed by atoms with Gasteiger partial charge in [-0.05, 0) is 31.2 Å². The maximum absolute atomic E-state index is 13.8. The normalized spacial score (nSPS) is 18.5. The first-order valence-electron chi connectivity index (χ1n) is 20.1. The largest absolute Gasteiger partial charge is 0.481 e. The maximum atomic E-state index is 13.8. The lowest BCUT2D eigenvalue weighted by Crippen LogP contribution is -2.60. The Morgan fingerprint density at radius 1 is 0.672 bits per heavy atom. The number of benzene rings is 1. The second-order valence-electron chi connectivity index (χ2n) is 15.0. The molecule has 0 saturated carbocycles. The molecule has 2 heterocycles. The first-order chi connectivity index (χ1) is 30.3. The van der Waals surface area contributed by atoms with Gasteiger partial charge in [0.15, 0.2) is 0 Å². The molecule has 3 rings (SSSR count). The van der Waals surface area contributed by atoms with Crippen molar-refractivity contribution in [2.75, 3.05) is 37.7 Å². The third-order valence-corrected chi connectivity index (χ3v) is 11.0. The van der Waals surface area contributed by atoms with Crippen LogP contribution in [0.1, 0.15) is 44.1 Å². The fraction of sp³-hybridized carbons (Fsp3) is 0.553. The Labute approximate surface area is 378 Å². The van der Waals surface area contributed by atoms with E-state index in [0.29, 0.717) is 6.42 Å². The predicted octanol–water partition coefficient (Wildman–Crippen LogP) is -6.23. The van der Waals surface area contributed by atoms with Crippen LogP contribution in [0.2, 0.25) is 0 Å². The van der Waals surface area contributed by atoms with Crippen molar-refractivity contribution in [2.24, 2.45) is 17.2 Å². The molecule has 2 aliphatic rings. The van der Waals surface area contributed by atoms with Crippen LogP contribution in [-0.4, -0.2) is 171 Å². The lowest BCUT2D eigenvalue weighted by molar-refractivity contribution is -0.144. The van der Waals surface area contributed by atoms with Crippen molar-refractivity contribution >= 4 is 90.3 Å². The lowest BCUT2D eigenvalue weighted by Gasteiger charge is -2.30. The van der Waals surface area contributed by atoms with Crippen molar-refractivity contribution in [3.63, 3.8) is 0 Å². The number of amides is 10. The Morgan fingerprint density at radius 2 is 1.20 bits per heavy atom. The number of hydrogen-bond donors (Lipinski definition) is 13. The Balaban J connectivity index is 1.65. The second-order valence-corrected chi connectivity index (χ2v) is 15.7. The van der Waals surface area contributed by atoms with Gasteiger partial charge in [-0.2, -0.15) is 25.3 Å². The van der Waals surface area contributed by atoms with Crippen molar-refractivity contribution in [1.82, 2.24) is 41.7 Å². The molecule has 0 radical (unpaired) electrons. The Kier molecular flexibility index (Phi) is 20.7. The summed E-state index contributed by atoms with van der Waals surface area (Å²) in [5, 5.41) is 32.7. The molecule has 2 aliphatic heterocycles. The number of hydrogen-bond acceptors (Lipinski definition) is 15. The number of nitrogens with two attached hydrogens (primary N) is 3. The van der Waals surface area contributed by atoms with Gasteiger partial charge in [-0.1, -0.05) is 30.3 Å². The minimum Gasteiger partial charge on any atom is -0.481 e. The molecule has 26 heteroatoms. The number of thiol groups is 2. The molecule has 0 spiro atoms. The average molecular weight is 938 g/mol. The molecule has 352 valence electrons. The highest BCUT2D eigenvalue weighted by atomic mass is 32.1. The molecule has 2 saturated heterocycles. The number of carboxylic acids is 1. The van der Waals surface area contributed by atoms with Gasteiger partial charge in [-0.15, -0.1) is 0 Å². The highest BCUT2D eigenvalue weighted by Gasteiger charge is 2.41. The van der Waals surface area contributed by atoms with Crippen LogP contribution in [0, 0.1) is 0 Å². The zero-order valence-electron chi connectivity index (χ0n) is 34.6. The number of aliphatic hydroxyl groups excluding tert-OH is 1. The summed E-state index contributed by atoms with van der Waals surface area (Å²) < 4.78 is 0. The first kappa shape index (κ1) is 52.4. The number of aliphatic hydroxyl groups is 1. The summed E-state index contributed by atoms with van der Waals surface area (Å²) in [5.41, 5.74) is 17.0. The number of primary amides is 2. The highest BCUT2D eigenvalue weighted by Crippen LogP contribution is 2.21. The third-order valence-electron chi connectivity index (χ3n) is 10.2. The molecule has 0 bridgehead atoms. The van der Waals surface area contributed by atoms with E-state index < -0.39 is 139 Å². The average Bonchev–Trinajstić information content (AvgIpc) is 3.96. The zero-order chi connectivity index (χ0) is 47.7. The van der Waals surface area contributed by atoms with Crippen molar-refractivity contribution in [3.05, 3.63) is 35.9 Å². The van der Waals surface area contributed by atoms with Gasteiger partial charge in [0.25, 0.3) is 0 Å². The van der Waals surface area contributed by atoms with E-state index in [1.807, 2.05) is 5.32 Å². The van der Waals surface area contributed by atoms with Crippen LogP contribution in [0.3, 0.4) is 0 Å². The summed E-state index contributed by atoms with van der Waals surface area (Å²) in [7, 11) is 0. The number of rotatable bonds is 24. The van der Waals surface area contributed by atoms with Crippen LogP contribution in [0.4, 0.5) is 0 Å². The van der Waals surface area contributed by atoms with Crippen LogP contribution < -0.4 is 49.1 Å². The summed E-state index contributed by atoms with van der Waals surface area (Å²) >= 11 is 8.20. The summed E-state index contributed by atoms with van der Waals surface area (Å²) in [5.74, 6) is -10.8. The number of aliphatic carboxylic acids is 1. The van der Waals surface area contributed by atoms with Gasteiger partial charge < -0.3 is 69.1 Å². The van der Waals surface area contributed by atoms with Gasteiger partial charge in [0.1, 0.15) is 42.3 Å². The van der Waals surface area contributed by atoms with E-state index in [1.165, 1.54) is 4.90 Å². The van der Waals surface area contributed by atoms with Crippen LogP contribution in [0.25, 0.3) is 0 Å². The van der Waals surface area contributed by atoms with Crippen molar-refractivity contribution < 1.29 is 63.0 Å². The Hall–Kier alpha value is -5.99. The second kappa shape index (κ2) is 25.3. The van der Waals surface area contributed by atoms with Gasteiger partial charge in [0.2, 0.25) is 59.1 Å². The molecule has 1 aromatic rings. The molecule has 8 atom stereocenters. The Morgan fingerprint density at radius 3 is 1.72 bits per heavy atom. The van der Waals surface area contributed by atoms with Gasteiger partial charge in [0.05, 0.1) is 32.0 Å². The Bertz CT molecular complexity index is 1910. The molecule has 0 unspecified atom stereocenters. The maximum Gasteiger partial charge on any atom is 0.305 e. The van der Waals surface area contributed by atoms with E-state index in [0.717, 1.165) is 10.5 Å². The van der Waals surface area contributed by atoms with Crippen molar-refractivity contribution in [2.45, 2.75) is 93.3 Å². The summed E-state index contributed by atoms with van der Waals surface area (Å²) in [4.78, 5) is 144. The minimum atomic E-state index is -1.75. The molecule has 2 fully saturated rings. The zero-order valence-corrected chi connectivity index (χ0v) is 36.4. The summed E-state index contributed by atoms with van der Waals surface area (Å²) in [6.45, 7) is -1.47. The van der Waals surface area contributed by atoms with E-state index in [2.05, 4.69) is 51.8 Å². The van der Waals surface area contributed by atoms with Gasteiger partial charge in [-0.25, -0.2) is 0 Å². The number of carbonyl (C=O) groups excluding carboxylic acids is 10. The third kappa shape index (κ3) is 15.4. The van der Waals surface area contributed by atoms with Gasteiger partial charge >= 0.3 is 5.97 Å². The molecule has 10 amide bonds. The molecule has 0 aromatic heterocycles. The molecular weight excluding hydrogens is 883 g/mol. The topological polar surface area (TPSA) is 385 Å². The molecule has 1 aromatic carbocycles. The van der Waals surface area contributed by atoms with Crippen LogP contribution in [0.5, 0.6) is 0 Å². The number of carbonyl (C=O) groups is 11. The quantitative estimate of drug-likeness (QED) is 0.0429. The van der Waals surface area contributed by atoms with Crippen molar-refractivity contribution in [1.29, 1.82) is 0 Å². The van der Waals surface area contributed by atoms with E-state index in [9.17, 15) is 63.0 Å². The summed E-state index contributed by atoms with van der Waals surface area (Å²) in [6, 6.07) is -1.97. The van der Waals surface area contributed by atoms with Gasteiger partial charge in [0, 0.05) is 31.0 Å². The first-order valence-corrected chi connectivity index (χ1v) is 21.4. The fourth-order valence-electron chi connectivity index (χ4n) is 6.95. The van der Waals surface area contributed by atoms with E-state index in [-0.39, 0.29) is 50.3 Å². The van der Waals surface area contributed by atoms with Crippen LogP contribution in [-0.2, 0) is 59.2 Å². The molecule has 14 N–H and O–H groups in total. The standard InChI is InChI=1S/C38H55N11O13S2/c39-20(17-63)32(56)45-23(12-19-6-2-1-3-7-19)37(61)48-10-4-8-26(48)35(59)42-15-29(52)43-21(13-28(40)51)33(57)47-25(18-64)38(62)49-11-5-9-27(49)36(60)44-22(14-30(53)54)34(58)46-24(16-50)31(41)55/h1-3,6-7,20-27,50,63-64H,4-5,8-18,39H2,(H2,40,51)(H2,41,55)(H,42,59)(H,43,52)(H,44,60)(H,45,56)(H,46,58)(H,47,57)(H,53,54)/t20-,21-,22-,23-,24-,25-,26-,27-/m0/s1. The van der Waals surface area contributed by atoms with Gasteiger partial charge in [-0.3, -0.25) is 52.7 Å². The number of carboxylic acid groups (broad SMARTS) is 1. The smallest absolute Gasteiger partial charge is 0.305 e. The van der Waals surface area contributed by atoms with Crippen molar-refractivity contribution in [3.8, 4) is 0 Å². The lowest BCUT2D eigenvalue weighted by atomic mass is 10.0. The molecular formula is C38H55N11O13S2. The molecule has 0 aliphatic carbocycles. The minimum absolute atomic E-state index is 0.0150. The predicted molar refractivity (Wildman–Crippen MR) is 230 cm³/mol. The van der Waals surface area contributed by atoms with Crippen LogP contribution in [0.15, 0.2) is 30.3 Å². The molecule has 24 nitrogen and oxygen atoms in total.